The Bertz CT molecular complexity index is 1710. The summed E-state index contributed by atoms with van der Waals surface area (Å²) in [6.45, 7) is 9.58. The summed E-state index contributed by atoms with van der Waals surface area (Å²) >= 11 is 0. The zero-order chi connectivity index (χ0) is 30.0. The topological polar surface area (TPSA) is 139 Å². The van der Waals surface area contributed by atoms with E-state index in [0.29, 0.717) is 44.0 Å². The fraction of sp³-hybridized carbons (Fsp3) is 0.276. The number of carbonyl (C=O) groups is 1. The van der Waals surface area contributed by atoms with E-state index in [4.69, 9.17) is 0 Å². The average Bonchev–Trinajstić information content (AvgIpc) is 2.95. The SMILES string of the molecule is C=CC(=O)Nc1cccc(-c2nc(=O)c3cnc(Nc4ccc(N5CCN(CC(C)(C)O)CC5)c(F)c4F)nc3[nH]2)c1. The Hall–Kier alpha value is -4.75. The van der Waals surface area contributed by atoms with Crippen molar-refractivity contribution in [1.29, 1.82) is 0 Å². The van der Waals surface area contributed by atoms with Gasteiger partial charge in [0.25, 0.3) is 5.56 Å². The second kappa shape index (κ2) is 11.6. The van der Waals surface area contributed by atoms with Crippen molar-refractivity contribution in [3.8, 4) is 11.4 Å². The van der Waals surface area contributed by atoms with Crippen LogP contribution >= 0.6 is 0 Å². The average molecular weight is 577 g/mol. The Morgan fingerprint density at radius 1 is 1.14 bits per heavy atom. The molecule has 0 saturated carbocycles. The van der Waals surface area contributed by atoms with E-state index in [-0.39, 0.29) is 34.2 Å². The van der Waals surface area contributed by atoms with E-state index in [9.17, 15) is 14.7 Å². The van der Waals surface area contributed by atoms with Crippen LogP contribution in [0.25, 0.3) is 22.4 Å². The predicted octanol–water partition coefficient (Wildman–Crippen LogP) is 3.42. The number of nitrogens with one attached hydrogen (secondary N) is 3. The summed E-state index contributed by atoms with van der Waals surface area (Å²) in [4.78, 5) is 43.6. The van der Waals surface area contributed by atoms with Crippen molar-refractivity contribution in [2.45, 2.75) is 19.4 Å². The van der Waals surface area contributed by atoms with Gasteiger partial charge in [0.1, 0.15) is 16.9 Å². The van der Waals surface area contributed by atoms with Gasteiger partial charge in [-0.1, -0.05) is 18.7 Å². The van der Waals surface area contributed by atoms with E-state index in [0.717, 1.165) is 6.08 Å². The molecule has 218 valence electrons. The number of H-pyrrole nitrogens is 1. The summed E-state index contributed by atoms with van der Waals surface area (Å²) in [7, 11) is 0. The third kappa shape index (κ3) is 6.42. The highest BCUT2D eigenvalue weighted by Gasteiger charge is 2.25. The number of halogens is 2. The molecule has 1 aliphatic rings. The lowest BCUT2D eigenvalue weighted by molar-refractivity contribution is -0.111. The van der Waals surface area contributed by atoms with E-state index in [2.05, 4.69) is 42.0 Å². The lowest BCUT2D eigenvalue weighted by Gasteiger charge is -2.38. The molecule has 0 unspecified atom stereocenters. The zero-order valence-corrected chi connectivity index (χ0v) is 23.1. The monoisotopic (exact) mass is 576 g/mol. The number of aromatic amines is 1. The number of hydrogen-bond donors (Lipinski definition) is 4. The van der Waals surface area contributed by atoms with E-state index < -0.39 is 28.7 Å². The first-order valence-electron chi connectivity index (χ1n) is 13.3. The predicted molar refractivity (Wildman–Crippen MR) is 157 cm³/mol. The van der Waals surface area contributed by atoms with Gasteiger partial charge in [-0.15, -0.1) is 0 Å². The highest BCUT2D eigenvalue weighted by atomic mass is 19.2. The molecule has 0 radical (unpaired) electrons. The van der Waals surface area contributed by atoms with E-state index >= 15 is 8.78 Å². The van der Waals surface area contributed by atoms with Gasteiger partial charge in [-0.3, -0.25) is 14.5 Å². The molecule has 11 nitrogen and oxygen atoms in total. The van der Waals surface area contributed by atoms with Crippen LogP contribution in [0.5, 0.6) is 0 Å². The second-order valence-electron chi connectivity index (χ2n) is 10.6. The molecule has 42 heavy (non-hydrogen) atoms. The van der Waals surface area contributed by atoms with Gasteiger partial charge < -0.3 is 25.6 Å². The Balaban J connectivity index is 1.36. The van der Waals surface area contributed by atoms with Crippen LogP contribution < -0.4 is 21.1 Å². The van der Waals surface area contributed by atoms with Crippen LogP contribution in [0.4, 0.5) is 31.8 Å². The number of aliphatic hydroxyl groups is 1. The number of benzene rings is 2. The normalized spacial score (nSPS) is 14.2. The molecule has 0 aliphatic carbocycles. The third-order valence-corrected chi connectivity index (χ3v) is 6.69. The van der Waals surface area contributed by atoms with Gasteiger partial charge in [0.15, 0.2) is 11.6 Å². The van der Waals surface area contributed by atoms with Crippen LogP contribution in [-0.4, -0.2) is 74.2 Å². The van der Waals surface area contributed by atoms with Crippen LogP contribution in [0.3, 0.4) is 0 Å². The lowest BCUT2D eigenvalue weighted by atomic mass is 10.1. The highest BCUT2D eigenvalue weighted by molar-refractivity contribution is 5.99. The van der Waals surface area contributed by atoms with Crippen molar-refractivity contribution in [3.63, 3.8) is 0 Å². The molecule has 1 amide bonds. The van der Waals surface area contributed by atoms with Crippen molar-refractivity contribution in [1.82, 2.24) is 24.8 Å². The minimum absolute atomic E-state index is 0.0615. The summed E-state index contributed by atoms with van der Waals surface area (Å²) in [6, 6.07) is 9.58. The molecule has 4 N–H and O–H groups in total. The van der Waals surface area contributed by atoms with Crippen molar-refractivity contribution >= 4 is 40.0 Å². The van der Waals surface area contributed by atoms with Crippen molar-refractivity contribution in [3.05, 3.63) is 77.2 Å². The van der Waals surface area contributed by atoms with Gasteiger partial charge in [-0.25, -0.2) is 13.8 Å². The molecule has 0 bridgehead atoms. The minimum atomic E-state index is -1.09. The number of rotatable bonds is 8. The lowest BCUT2D eigenvalue weighted by Crippen LogP contribution is -2.50. The van der Waals surface area contributed by atoms with Crippen LogP contribution in [0, 0.1) is 11.6 Å². The first-order chi connectivity index (χ1) is 20.0. The van der Waals surface area contributed by atoms with E-state index in [1.54, 1.807) is 43.0 Å². The smallest absolute Gasteiger partial charge is 0.284 e. The number of anilines is 4. The second-order valence-corrected chi connectivity index (χ2v) is 10.6. The number of amides is 1. The first-order valence-corrected chi connectivity index (χ1v) is 13.3. The largest absolute Gasteiger partial charge is 0.389 e. The number of aromatic nitrogens is 4. The molecule has 1 fully saturated rings. The summed E-state index contributed by atoms with van der Waals surface area (Å²) < 4.78 is 30.3. The number of carbonyl (C=O) groups excluding carboxylic acids is 1. The standard InChI is InChI=1S/C29H30F2N8O3/c1-4-22(40)33-18-7-5-6-17(14-18)25-35-26-19(27(41)36-25)15-32-28(37-26)34-20-8-9-21(24(31)23(20)30)39-12-10-38(11-13-39)16-29(2,3)42/h4-9,14-15,42H,1,10-13,16H2,2-3H3,(H,33,40)(H2,32,34,35,36,37,41). The molecule has 5 rings (SSSR count). The Kier molecular flexibility index (Phi) is 7.96. The maximum Gasteiger partial charge on any atom is 0.284 e. The molecule has 2 aromatic carbocycles. The fourth-order valence-corrected chi connectivity index (χ4v) is 4.76. The molecular weight excluding hydrogens is 546 g/mol. The summed E-state index contributed by atoms with van der Waals surface area (Å²) in [6.07, 6.45) is 2.38. The quantitative estimate of drug-likeness (QED) is 0.232. The van der Waals surface area contributed by atoms with E-state index in [1.807, 2.05) is 0 Å². The fourth-order valence-electron chi connectivity index (χ4n) is 4.76. The Morgan fingerprint density at radius 3 is 2.62 bits per heavy atom. The molecular formula is C29H30F2N8O3. The first kappa shape index (κ1) is 28.8. The summed E-state index contributed by atoms with van der Waals surface area (Å²) in [5.41, 5.74) is -0.334. The molecule has 1 saturated heterocycles. The number of fused-ring (bicyclic) bond motifs is 1. The number of β-amino-alcohol motifs (C(OH)–C–C–N with tert-alkyl or cyclic N) is 1. The molecule has 13 heteroatoms. The molecule has 4 aromatic rings. The van der Waals surface area contributed by atoms with Gasteiger partial charge in [0.05, 0.1) is 17.0 Å². The van der Waals surface area contributed by atoms with Gasteiger partial charge in [-0.05, 0) is 44.2 Å². The molecule has 1 aliphatic heterocycles. The maximum absolute atomic E-state index is 15.2. The summed E-state index contributed by atoms with van der Waals surface area (Å²) in [5.74, 6) is -2.35. The van der Waals surface area contributed by atoms with Crippen LogP contribution in [0.1, 0.15) is 13.8 Å². The zero-order valence-electron chi connectivity index (χ0n) is 23.1. The van der Waals surface area contributed by atoms with Crippen LogP contribution in [-0.2, 0) is 4.79 Å². The Labute approximate surface area is 239 Å². The van der Waals surface area contributed by atoms with Gasteiger partial charge >= 0.3 is 0 Å². The molecule has 3 heterocycles. The minimum Gasteiger partial charge on any atom is -0.389 e. The van der Waals surface area contributed by atoms with Crippen molar-refractivity contribution in [2.75, 3.05) is 48.3 Å². The third-order valence-electron chi connectivity index (χ3n) is 6.69. The van der Waals surface area contributed by atoms with Gasteiger partial charge in [0.2, 0.25) is 11.9 Å². The van der Waals surface area contributed by atoms with Crippen molar-refractivity contribution < 1.29 is 18.7 Å². The molecule has 2 aromatic heterocycles. The number of nitrogens with zero attached hydrogens (tertiary/aromatic N) is 5. The molecule has 0 atom stereocenters. The van der Waals surface area contributed by atoms with Crippen LogP contribution in [0.2, 0.25) is 0 Å². The number of piperazine rings is 1. The van der Waals surface area contributed by atoms with Crippen LogP contribution in [0.15, 0.2) is 60.0 Å². The van der Waals surface area contributed by atoms with Gasteiger partial charge in [0, 0.05) is 50.2 Å². The van der Waals surface area contributed by atoms with Crippen molar-refractivity contribution in [2.24, 2.45) is 0 Å². The number of hydrogen-bond acceptors (Lipinski definition) is 9. The highest BCUT2D eigenvalue weighted by Crippen LogP contribution is 2.29. The van der Waals surface area contributed by atoms with E-state index in [1.165, 1.54) is 18.3 Å². The Morgan fingerprint density at radius 2 is 1.90 bits per heavy atom. The molecule has 0 spiro atoms. The maximum atomic E-state index is 15.2. The summed E-state index contributed by atoms with van der Waals surface area (Å²) in [5, 5.41) is 15.5. The van der Waals surface area contributed by atoms with Gasteiger partial charge in [-0.2, -0.15) is 9.97 Å².